The molecule has 9 heavy (non-hydrogen) atoms. The van der Waals surface area contributed by atoms with Gasteiger partial charge in [0.15, 0.2) is 0 Å². The maximum absolute atomic E-state index is 8.94. The van der Waals surface area contributed by atoms with Gasteiger partial charge < -0.3 is 0 Å². The number of nitrogens with one attached hydrogen (secondary N) is 2. The SMILES string of the molecule is NNC=O.c1cn[nH]c1. The number of nitrogens with zero attached hydrogens (tertiary/aromatic N) is 1. The third kappa shape index (κ3) is 6.64. The summed E-state index contributed by atoms with van der Waals surface area (Å²) in [5.41, 5.74) is 1.75. The van der Waals surface area contributed by atoms with Crippen LogP contribution in [0.2, 0.25) is 0 Å². The number of carbonyl (C=O) groups is 1. The Kier molecular flexibility index (Phi) is 5.64. The quantitative estimate of drug-likeness (QED) is 0.196. The van der Waals surface area contributed by atoms with Gasteiger partial charge in [0, 0.05) is 12.4 Å². The van der Waals surface area contributed by atoms with Crippen LogP contribution in [0.5, 0.6) is 0 Å². The average Bonchev–Trinajstić information content (AvgIpc) is 2.43. The van der Waals surface area contributed by atoms with Crippen LogP contribution in [0.15, 0.2) is 18.5 Å². The van der Waals surface area contributed by atoms with Gasteiger partial charge in [0.2, 0.25) is 6.41 Å². The molecule has 5 heteroatoms. The van der Waals surface area contributed by atoms with Crippen LogP contribution in [0.25, 0.3) is 0 Å². The molecule has 0 saturated carbocycles. The normalized spacial score (nSPS) is 6.78. The molecule has 4 N–H and O–H groups in total. The number of rotatable bonds is 1. The first-order chi connectivity index (χ1) is 4.41. The van der Waals surface area contributed by atoms with Crippen LogP contribution >= 0.6 is 0 Å². The van der Waals surface area contributed by atoms with Gasteiger partial charge in [0.1, 0.15) is 0 Å². The molecule has 0 aliphatic heterocycles. The molecule has 0 aliphatic rings. The summed E-state index contributed by atoms with van der Waals surface area (Å²) in [7, 11) is 0. The molecule has 0 aliphatic carbocycles. The summed E-state index contributed by atoms with van der Waals surface area (Å²) in [6.07, 6.45) is 3.86. The molecule has 0 bridgehead atoms. The lowest BCUT2D eigenvalue weighted by Crippen LogP contribution is -2.18. The van der Waals surface area contributed by atoms with Crippen molar-refractivity contribution in [1.29, 1.82) is 0 Å². The maximum Gasteiger partial charge on any atom is 0.221 e. The van der Waals surface area contributed by atoms with E-state index >= 15 is 0 Å². The average molecular weight is 128 g/mol. The van der Waals surface area contributed by atoms with E-state index in [1.807, 2.05) is 6.07 Å². The van der Waals surface area contributed by atoms with Crippen LogP contribution < -0.4 is 11.3 Å². The predicted molar refractivity (Wildman–Crippen MR) is 32.0 cm³/mol. The number of amides is 1. The number of nitrogens with two attached hydrogens (primary N) is 1. The number of hydrazine groups is 1. The first-order valence-corrected chi connectivity index (χ1v) is 2.25. The van der Waals surface area contributed by atoms with Gasteiger partial charge in [-0.2, -0.15) is 5.10 Å². The monoisotopic (exact) mass is 128 g/mol. The second kappa shape index (κ2) is 6.64. The zero-order valence-electron chi connectivity index (χ0n) is 4.74. The van der Waals surface area contributed by atoms with E-state index in [-0.39, 0.29) is 0 Å². The summed E-state index contributed by atoms with van der Waals surface area (Å²) >= 11 is 0. The standard InChI is InChI=1S/C3H4N2.CH4N2O/c1-2-4-5-3-1;2-3-1-4/h1-3H,(H,4,5);1H,2H2,(H,3,4). The highest BCUT2D eigenvalue weighted by atomic mass is 16.1. The van der Waals surface area contributed by atoms with Crippen molar-refractivity contribution in [2.75, 3.05) is 0 Å². The summed E-state index contributed by atoms with van der Waals surface area (Å²) in [4.78, 5) is 8.94. The smallest absolute Gasteiger partial charge is 0.221 e. The van der Waals surface area contributed by atoms with Gasteiger partial charge >= 0.3 is 0 Å². The fraction of sp³-hybridized carbons (Fsp3) is 0. The largest absolute Gasteiger partial charge is 0.297 e. The minimum atomic E-state index is 0.403. The molecule has 0 unspecified atom stereocenters. The summed E-state index contributed by atoms with van der Waals surface area (Å²) in [5, 5.41) is 6.21. The van der Waals surface area contributed by atoms with Crippen molar-refractivity contribution in [2.45, 2.75) is 0 Å². The molecule has 0 fully saturated rings. The van der Waals surface area contributed by atoms with Crippen LogP contribution in [-0.4, -0.2) is 16.6 Å². The van der Waals surface area contributed by atoms with Gasteiger partial charge in [-0.3, -0.25) is 15.3 Å². The molecule has 50 valence electrons. The Labute approximate surface area is 52.2 Å². The third-order valence-electron chi connectivity index (χ3n) is 0.474. The minimum absolute atomic E-state index is 0.403. The molecule has 0 radical (unpaired) electrons. The molecule has 5 nitrogen and oxygen atoms in total. The number of aromatic amines is 1. The Bertz CT molecular complexity index is 110. The first-order valence-electron chi connectivity index (χ1n) is 2.25. The van der Waals surface area contributed by atoms with Gasteiger partial charge in [-0.05, 0) is 6.07 Å². The molecular formula is C4H8N4O. The minimum Gasteiger partial charge on any atom is -0.297 e. The molecule has 1 heterocycles. The fourth-order valence-electron chi connectivity index (χ4n) is 0.215. The van der Waals surface area contributed by atoms with Crippen LogP contribution in [0.1, 0.15) is 0 Å². The molecule has 1 aromatic heterocycles. The predicted octanol–water partition coefficient (Wildman–Crippen LogP) is -0.984. The van der Waals surface area contributed by atoms with Crippen molar-refractivity contribution in [2.24, 2.45) is 5.84 Å². The molecular weight excluding hydrogens is 120 g/mol. The van der Waals surface area contributed by atoms with Crippen molar-refractivity contribution >= 4 is 6.41 Å². The Morgan fingerprint density at radius 3 is 2.56 bits per heavy atom. The van der Waals surface area contributed by atoms with Gasteiger partial charge in [0.25, 0.3) is 0 Å². The van der Waals surface area contributed by atoms with E-state index in [1.54, 1.807) is 17.8 Å². The topological polar surface area (TPSA) is 83.8 Å². The van der Waals surface area contributed by atoms with E-state index in [2.05, 4.69) is 16.0 Å². The van der Waals surface area contributed by atoms with Crippen molar-refractivity contribution in [1.82, 2.24) is 15.6 Å². The highest BCUT2D eigenvalue weighted by molar-refractivity contribution is 5.44. The Hall–Kier alpha value is -1.36. The molecule has 0 atom stereocenters. The van der Waals surface area contributed by atoms with Gasteiger partial charge in [-0.15, -0.1) is 0 Å². The summed E-state index contributed by atoms with van der Waals surface area (Å²) in [6.45, 7) is 0. The summed E-state index contributed by atoms with van der Waals surface area (Å²) in [6, 6.07) is 1.83. The van der Waals surface area contributed by atoms with Gasteiger partial charge in [0.05, 0.1) is 0 Å². The highest BCUT2D eigenvalue weighted by Gasteiger charge is 1.56. The lowest BCUT2D eigenvalue weighted by Gasteiger charge is -1.66. The summed E-state index contributed by atoms with van der Waals surface area (Å²) < 4.78 is 0. The molecule has 1 aromatic rings. The van der Waals surface area contributed by atoms with Crippen LogP contribution in [0, 0.1) is 0 Å². The Morgan fingerprint density at radius 1 is 1.78 bits per heavy atom. The van der Waals surface area contributed by atoms with Crippen LogP contribution in [0.4, 0.5) is 0 Å². The zero-order chi connectivity index (χ0) is 6.95. The molecule has 0 saturated heterocycles. The number of hydrogen-bond acceptors (Lipinski definition) is 3. The van der Waals surface area contributed by atoms with Crippen molar-refractivity contribution in [3.05, 3.63) is 18.5 Å². The Balaban J connectivity index is 0.000000148. The zero-order valence-corrected chi connectivity index (χ0v) is 4.74. The van der Waals surface area contributed by atoms with E-state index in [4.69, 9.17) is 4.79 Å². The molecule has 0 spiro atoms. The van der Waals surface area contributed by atoms with Crippen molar-refractivity contribution in [3.63, 3.8) is 0 Å². The first kappa shape index (κ1) is 7.64. The van der Waals surface area contributed by atoms with E-state index in [0.717, 1.165) is 0 Å². The van der Waals surface area contributed by atoms with E-state index in [1.165, 1.54) is 0 Å². The van der Waals surface area contributed by atoms with Crippen molar-refractivity contribution in [3.8, 4) is 0 Å². The van der Waals surface area contributed by atoms with Crippen LogP contribution in [0.3, 0.4) is 0 Å². The van der Waals surface area contributed by atoms with E-state index in [0.29, 0.717) is 6.41 Å². The van der Waals surface area contributed by atoms with Crippen LogP contribution in [-0.2, 0) is 4.79 Å². The lowest BCUT2D eigenvalue weighted by atomic mass is 10.8. The van der Waals surface area contributed by atoms with Gasteiger partial charge in [-0.1, -0.05) is 0 Å². The number of H-pyrrole nitrogens is 1. The second-order valence-electron chi connectivity index (χ2n) is 1.05. The number of hydrogen-bond donors (Lipinski definition) is 3. The fourth-order valence-corrected chi connectivity index (χ4v) is 0.215. The summed E-state index contributed by atoms with van der Waals surface area (Å²) in [5.74, 6) is 4.41. The van der Waals surface area contributed by atoms with Gasteiger partial charge in [-0.25, -0.2) is 5.84 Å². The third-order valence-corrected chi connectivity index (χ3v) is 0.474. The molecule has 0 aromatic carbocycles. The Morgan fingerprint density at radius 2 is 2.44 bits per heavy atom. The lowest BCUT2D eigenvalue weighted by molar-refractivity contribution is -0.109. The molecule has 1 rings (SSSR count). The number of carbonyl (C=O) groups excluding carboxylic acids is 1. The second-order valence-corrected chi connectivity index (χ2v) is 1.05. The molecule has 1 amide bonds. The van der Waals surface area contributed by atoms with E-state index < -0.39 is 0 Å². The number of aromatic nitrogens is 2. The maximum atomic E-state index is 8.94. The van der Waals surface area contributed by atoms with Crippen molar-refractivity contribution < 1.29 is 4.79 Å². The highest BCUT2D eigenvalue weighted by Crippen LogP contribution is 1.64. The van der Waals surface area contributed by atoms with E-state index in [9.17, 15) is 0 Å².